The number of rotatable bonds is 4. The first-order valence-corrected chi connectivity index (χ1v) is 8.06. The summed E-state index contributed by atoms with van der Waals surface area (Å²) in [7, 11) is 2.24. The van der Waals surface area contributed by atoms with Crippen molar-refractivity contribution in [2.75, 3.05) is 26.7 Å². The van der Waals surface area contributed by atoms with Gasteiger partial charge in [0, 0.05) is 5.39 Å². The molecule has 0 saturated carbocycles. The molecule has 1 saturated heterocycles. The summed E-state index contributed by atoms with van der Waals surface area (Å²) in [6, 6.07) is 13.2. The lowest BCUT2D eigenvalue weighted by molar-refractivity contribution is 0.117. The number of nitrogens with one attached hydrogen (secondary N) is 1. The predicted molar refractivity (Wildman–Crippen MR) is 88.4 cm³/mol. The van der Waals surface area contributed by atoms with E-state index in [4.69, 9.17) is 4.98 Å². The molecule has 1 fully saturated rings. The third-order valence-electron chi connectivity index (χ3n) is 4.59. The number of hydrogen-bond donors (Lipinski definition) is 1. The Morgan fingerprint density at radius 3 is 2.95 bits per heavy atom. The predicted octanol–water partition coefficient (Wildman–Crippen LogP) is 3.23. The summed E-state index contributed by atoms with van der Waals surface area (Å²) in [4.78, 5) is 7.41. The maximum Gasteiger partial charge on any atom is 0.0706 e. The van der Waals surface area contributed by atoms with E-state index in [1.54, 1.807) is 0 Å². The molecular weight excluding hydrogens is 258 g/mol. The SMILES string of the molecule is CCNCC1CCCN(C)C1c1ccc2ccccc2n1. The maximum absolute atomic E-state index is 4.94. The van der Waals surface area contributed by atoms with E-state index in [9.17, 15) is 0 Å². The van der Waals surface area contributed by atoms with Crippen LogP contribution < -0.4 is 5.32 Å². The first kappa shape index (κ1) is 14.5. The average Bonchev–Trinajstić information content (AvgIpc) is 2.52. The number of para-hydroxylation sites is 1. The van der Waals surface area contributed by atoms with Gasteiger partial charge in [0.2, 0.25) is 0 Å². The van der Waals surface area contributed by atoms with Crippen molar-refractivity contribution < 1.29 is 0 Å². The van der Waals surface area contributed by atoms with Crippen molar-refractivity contribution in [1.29, 1.82) is 0 Å². The summed E-state index contributed by atoms with van der Waals surface area (Å²) in [5.74, 6) is 0.650. The van der Waals surface area contributed by atoms with Crippen LogP contribution in [0, 0.1) is 5.92 Å². The summed E-state index contributed by atoms with van der Waals surface area (Å²) in [5, 5.41) is 4.75. The largest absolute Gasteiger partial charge is 0.317 e. The number of benzene rings is 1. The molecule has 3 rings (SSSR count). The van der Waals surface area contributed by atoms with Gasteiger partial charge in [-0.1, -0.05) is 31.2 Å². The minimum atomic E-state index is 0.433. The van der Waals surface area contributed by atoms with E-state index < -0.39 is 0 Å². The highest BCUT2D eigenvalue weighted by atomic mass is 15.2. The van der Waals surface area contributed by atoms with Gasteiger partial charge in [-0.3, -0.25) is 9.88 Å². The molecule has 2 heterocycles. The molecule has 112 valence electrons. The van der Waals surface area contributed by atoms with Crippen LogP contribution in [0.25, 0.3) is 10.9 Å². The first-order valence-electron chi connectivity index (χ1n) is 8.06. The van der Waals surface area contributed by atoms with Gasteiger partial charge >= 0.3 is 0 Å². The Labute approximate surface area is 127 Å². The second kappa shape index (κ2) is 6.54. The smallest absolute Gasteiger partial charge is 0.0706 e. The molecule has 0 radical (unpaired) electrons. The van der Waals surface area contributed by atoms with Gasteiger partial charge in [-0.25, -0.2) is 0 Å². The molecule has 21 heavy (non-hydrogen) atoms. The highest BCUT2D eigenvalue weighted by Gasteiger charge is 2.31. The van der Waals surface area contributed by atoms with Gasteiger partial charge in [-0.05, 0) is 57.6 Å². The molecule has 2 unspecified atom stereocenters. The number of pyridine rings is 1. The zero-order valence-electron chi connectivity index (χ0n) is 13.0. The summed E-state index contributed by atoms with van der Waals surface area (Å²) in [5.41, 5.74) is 2.33. The number of aromatic nitrogens is 1. The normalized spacial score (nSPS) is 23.5. The highest BCUT2D eigenvalue weighted by molar-refractivity contribution is 5.78. The molecule has 1 aliphatic heterocycles. The fraction of sp³-hybridized carbons (Fsp3) is 0.500. The monoisotopic (exact) mass is 283 g/mol. The zero-order valence-corrected chi connectivity index (χ0v) is 13.0. The fourth-order valence-electron chi connectivity index (χ4n) is 3.52. The molecule has 1 aromatic heterocycles. The van der Waals surface area contributed by atoms with Crippen LogP contribution in [-0.4, -0.2) is 36.6 Å². The summed E-state index contributed by atoms with van der Waals surface area (Å²) in [6.45, 7) is 5.47. The second-order valence-electron chi connectivity index (χ2n) is 6.06. The molecule has 2 atom stereocenters. The van der Waals surface area contributed by atoms with Gasteiger partial charge in [-0.2, -0.15) is 0 Å². The van der Waals surface area contributed by atoms with E-state index in [1.165, 1.54) is 30.5 Å². The second-order valence-corrected chi connectivity index (χ2v) is 6.06. The topological polar surface area (TPSA) is 28.2 Å². The molecule has 1 N–H and O–H groups in total. The van der Waals surface area contributed by atoms with Crippen LogP contribution in [0.5, 0.6) is 0 Å². The molecule has 0 bridgehead atoms. The van der Waals surface area contributed by atoms with Crippen molar-refractivity contribution >= 4 is 10.9 Å². The average molecular weight is 283 g/mol. The van der Waals surface area contributed by atoms with Crippen LogP contribution in [-0.2, 0) is 0 Å². The summed E-state index contributed by atoms with van der Waals surface area (Å²) >= 11 is 0. The van der Waals surface area contributed by atoms with Gasteiger partial charge < -0.3 is 5.32 Å². The lowest BCUT2D eigenvalue weighted by Crippen LogP contribution is -2.40. The summed E-state index contributed by atoms with van der Waals surface area (Å²) in [6.07, 6.45) is 2.58. The van der Waals surface area contributed by atoms with E-state index in [0.29, 0.717) is 12.0 Å². The van der Waals surface area contributed by atoms with Crippen molar-refractivity contribution in [3.8, 4) is 0 Å². The van der Waals surface area contributed by atoms with Crippen LogP contribution in [0.3, 0.4) is 0 Å². The molecule has 0 aliphatic carbocycles. The number of fused-ring (bicyclic) bond motifs is 1. The first-order chi connectivity index (χ1) is 10.3. The number of nitrogens with zero attached hydrogens (tertiary/aromatic N) is 2. The van der Waals surface area contributed by atoms with Crippen molar-refractivity contribution in [2.24, 2.45) is 5.92 Å². The lowest BCUT2D eigenvalue weighted by Gasteiger charge is -2.39. The highest BCUT2D eigenvalue weighted by Crippen LogP contribution is 2.34. The molecule has 2 aromatic rings. The molecule has 1 aromatic carbocycles. The van der Waals surface area contributed by atoms with Crippen LogP contribution in [0.2, 0.25) is 0 Å². The van der Waals surface area contributed by atoms with Crippen LogP contribution >= 0.6 is 0 Å². The summed E-state index contributed by atoms with van der Waals surface area (Å²) < 4.78 is 0. The third kappa shape index (κ3) is 3.09. The zero-order chi connectivity index (χ0) is 14.7. The van der Waals surface area contributed by atoms with Gasteiger partial charge in [0.1, 0.15) is 0 Å². The Kier molecular flexibility index (Phi) is 4.51. The number of piperidine rings is 1. The minimum absolute atomic E-state index is 0.433. The van der Waals surface area contributed by atoms with E-state index in [-0.39, 0.29) is 0 Å². The number of hydrogen-bond acceptors (Lipinski definition) is 3. The Morgan fingerprint density at radius 1 is 1.24 bits per heavy atom. The van der Waals surface area contributed by atoms with Crippen molar-refractivity contribution in [1.82, 2.24) is 15.2 Å². The van der Waals surface area contributed by atoms with E-state index >= 15 is 0 Å². The molecule has 0 spiro atoms. The fourth-order valence-corrected chi connectivity index (χ4v) is 3.52. The minimum Gasteiger partial charge on any atom is -0.317 e. The van der Waals surface area contributed by atoms with Crippen LogP contribution in [0.1, 0.15) is 31.5 Å². The Hall–Kier alpha value is -1.45. The van der Waals surface area contributed by atoms with Gasteiger partial charge in [0.15, 0.2) is 0 Å². The van der Waals surface area contributed by atoms with Gasteiger partial charge in [0.25, 0.3) is 0 Å². The Balaban J connectivity index is 1.92. The van der Waals surface area contributed by atoms with Crippen LogP contribution in [0.15, 0.2) is 36.4 Å². The number of likely N-dealkylation sites (tertiary alicyclic amines) is 1. The van der Waals surface area contributed by atoms with E-state index in [0.717, 1.165) is 18.6 Å². The van der Waals surface area contributed by atoms with Crippen molar-refractivity contribution in [2.45, 2.75) is 25.8 Å². The Bertz CT molecular complexity index is 596. The van der Waals surface area contributed by atoms with Gasteiger partial charge in [0.05, 0.1) is 17.3 Å². The van der Waals surface area contributed by atoms with Crippen molar-refractivity contribution in [3.63, 3.8) is 0 Å². The van der Waals surface area contributed by atoms with E-state index in [1.807, 2.05) is 0 Å². The van der Waals surface area contributed by atoms with Crippen molar-refractivity contribution in [3.05, 3.63) is 42.1 Å². The third-order valence-corrected chi connectivity index (χ3v) is 4.59. The molecule has 1 aliphatic rings. The quantitative estimate of drug-likeness (QED) is 0.934. The maximum atomic E-state index is 4.94. The Morgan fingerprint density at radius 2 is 2.10 bits per heavy atom. The van der Waals surface area contributed by atoms with E-state index in [2.05, 4.69) is 60.6 Å². The lowest BCUT2D eigenvalue weighted by atomic mass is 9.87. The van der Waals surface area contributed by atoms with Crippen LogP contribution in [0.4, 0.5) is 0 Å². The molecule has 0 amide bonds. The molecular formula is C18H25N3. The standard InChI is InChI=1S/C18H25N3/c1-3-19-13-15-8-6-12-21(2)18(15)17-11-10-14-7-4-5-9-16(14)20-17/h4-5,7,9-11,15,18-19H,3,6,8,12-13H2,1-2H3. The molecule has 3 nitrogen and oxygen atoms in total. The molecule has 3 heteroatoms. The van der Waals surface area contributed by atoms with Gasteiger partial charge in [-0.15, -0.1) is 0 Å².